The highest BCUT2D eigenvalue weighted by Crippen LogP contribution is 2.58. The van der Waals surface area contributed by atoms with Crippen molar-refractivity contribution in [3.05, 3.63) is 11.4 Å². The first-order valence-corrected chi connectivity index (χ1v) is 6.95. The van der Waals surface area contributed by atoms with Gasteiger partial charge in [-0.2, -0.15) is 0 Å². The minimum atomic E-state index is -3.13. The van der Waals surface area contributed by atoms with Crippen LogP contribution in [0.15, 0.2) is 11.4 Å². The van der Waals surface area contributed by atoms with E-state index in [2.05, 4.69) is 0 Å². The van der Waals surface area contributed by atoms with Crippen molar-refractivity contribution in [1.82, 2.24) is 0 Å². The fraction of sp³-hybridized carbons (Fsp3) is 0.800. The van der Waals surface area contributed by atoms with E-state index >= 15 is 0 Å². The van der Waals surface area contributed by atoms with Gasteiger partial charge in [-0.3, -0.25) is 4.57 Å². The summed E-state index contributed by atoms with van der Waals surface area (Å²) in [7, 11) is -3.13. The molecule has 1 aliphatic carbocycles. The van der Waals surface area contributed by atoms with Gasteiger partial charge in [0.25, 0.3) is 0 Å². The van der Waals surface area contributed by atoms with E-state index in [1.165, 1.54) is 0 Å². The quantitative estimate of drug-likeness (QED) is 0.743. The number of allylic oxidation sites excluding steroid dienone is 1. The van der Waals surface area contributed by atoms with Crippen LogP contribution in [0.3, 0.4) is 0 Å². The minimum Gasteiger partial charge on any atom is -0.389 e. The lowest BCUT2D eigenvalue weighted by atomic mass is 10.1. The molecule has 1 unspecified atom stereocenters. The van der Waals surface area contributed by atoms with Crippen LogP contribution in [0.5, 0.6) is 0 Å². The maximum Gasteiger partial charge on any atom is 0.357 e. The van der Waals surface area contributed by atoms with Crippen molar-refractivity contribution >= 4 is 7.60 Å². The third-order valence-electron chi connectivity index (χ3n) is 2.27. The Kier molecular flexibility index (Phi) is 5.00. The predicted octanol–water partition coefficient (Wildman–Crippen LogP) is 2.68. The Hall–Kier alpha value is -0.150. The van der Waals surface area contributed by atoms with Gasteiger partial charge < -0.3 is 14.2 Å². The van der Waals surface area contributed by atoms with Crippen LogP contribution in [-0.4, -0.2) is 24.4 Å². The second-order valence-corrected chi connectivity index (χ2v) is 5.54. The molecule has 0 spiro atoms. The van der Waals surface area contributed by atoms with Gasteiger partial charge in [-0.05, 0) is 39.2 Å². The molecule has 0 amide bonds. The van der Waals surface area contributed by atoms with Gasteiger partial charge in [-0.25, -0.2) is 0 Å². The van der Waals surface area contributed by atoms with Gasteiger partial charge in [-0.15, -0.1) is 0 Å². The summed E-state index contributed by atoms with van der Waals surface area (Å²) in [5.41, 5.74) is 0. The van der Waals surface area contributed by atoms with Gasteiger partial charge >= 0.3 is 7.60 Å². The average molecular weight is 234 g/mol. The van der Waals surface area contributed by atoms with E-state index in [9.17, 15) is 9.67 Å². The predicted molar refractivity (Wildman–Crippen MR) is 58.8 cm³/mol. The summed E-state index contributed by atoms with van der Waals surface area (Å²) in [6.45, 7) is 4.27. The zero-order valence-electron chi connectivity index (χ0n) is 9.31. The lowest BCUT2D eigenvalue weighted by Crippen LogP contribution is -2.11. The van der Waals surface area contributed by atoms with E-state index in [4.69, 9.17) is 9.05 Å². The number of hydrogen-bond acceptors (Lipinski definition) is 4. The SMILES string of the molecule is CCOP(=O)(OCC)C1=CC(O)CCC1. The van der Waals surface area contributed by atoms with Crippen molar-refractivity contribution in [2.45, 2.75) is 39.2 Å². The van der Waals surface area contributed by atoms with Crippen molar-refractivity contribution in [1.29, 1.82) is 0 Å². The zero-order valence-corrected chi connectivity index (χ0v) is 10.2. The molecule has 0 heterocycles. The van der Waals surface area contributed by atoms with E-state index in [-0.39, 0.29) is 0 Å². The van der Waals surface area contributed by atoms with Crippen molar-refractivity contribution in [3.8, 4) is 0 Å². The van der Waals surface area contributed by atoms with E-state index in [1.54, 1.807) is 19.9 Å². The van der Waals surface area contributed by atoms with Crippen LogP contribution in [-0.2, 0) is 13.6 Å². The van der Waals surface area contributed by atoms with Gasteiger partial charge in [0.1, 0.15) is 0 Å². The topological polar surface area (TPSA) is 55.8 Å². The third kappa shape index (κ3) is 3.42. The molecule has 0 saturated heterocycles. The molecule has 1 aliphatic rings. The molecule has 1 N–H and O–H groups in total. The molecule has 0 aromatic heterocycles. The monoisotopic (exact) mass is 234 g/mol. The Morgan fingerprint density at radius 1 is 1.47 bits per heavy atom. The molecule has 0 aromatic rings. The molecule has 0 radical (unpaired) electrons. The Labute approximate surface area is 90.8 Å². The third-order valence-corrected chi connectivity index (χ3v) is 4.54. The highest BCUT2D eigenvalue weighted by Gasteiger charge is 2.31. The average Bonchev–Trinajstić information content (AvgIpc) is 2.18. The summed E-state index contributed by atoms with van der Waals surface area (Å²) in [6.07, 6.45) is 3.35. The largest absolute Gasteiger partial charge is 0.389 e. The number of hydrogen-bond donors (Lipinski definition) is 1. The van der Waals surface area contributed by atoms with Crippen LogP contribution in [0.2, 0.25) is 0 Å². The maximum absolute atomic E-state index is 12.3. The molecule has 0 bridgehead atoms. The normalized spacial score (nSPS) is 22.6. The summed E-state index contributed by atoms with van der Waals surface area (Å²) >= 11 is 0. The second-order valence-electron chi connectivity index (χ2n) is 3.45. The Morgan fingerprint density at radius 2 is 2.07 bits per heavy atom. The minimum absolute atomic E-state index is 0.352. The molecular formula is C10H19O4P. The standard InChI is InChI=1S/C10H19O4P/c1-3-13-15(12,14-4-2)10-7-5-6-9(11)8-10/h8-9,11H,3-7H2,1-2H3. The van der Waals surface area contributed by atoms with Crippen LogP contribution < -0.4 is 0 Å². The van der Waals surface area contributed by atoms with Crippen molar-refractivity contribution < 1.29 is 18.7 Å². The molecule has 5 heteroatoms. The van der Waals surface area contributed by atoms with Crippen LogP contribution in [0.4, 0.5) is 0 Å². The van der Waals surface area contributed by atoms with Crippen LogP contribution >= 0.6 is 7.60 Å². The van der Waals surface area contributed by atoms with Crippen molar-refractivity contribution in [3.63, 3.8) is 0 Å². The molecule has 15 heavy (non-hydrogen) atoms. The Balaban J connectivity index is 2.83. The summed E-state index contributed by atoms with van der Waals surface area (Å²) < 4.78 is 22.7. The summed E-state index contributed by atoms with van der Waals surface area (Å²) in [5.74, 6) is 0. The number of rotatable bonds is 5. The molecule has 4 nitrogen and oxygen atoms in total. The van der Waals surface area contributed by atoms with Crippen LogP contribution in [0, 0.1) is 0 Å². The summed E-state index contributed by atoms with van der Waals surface area (Å²) in [5, 5.41) is 10.1. The Bertz CT molecular complexity index is 265. The van der Waals surface area contributed by atoms with Crippen LogP contribution in [0.1, 0.15) is 33.1 Å². The number of aliphatic hydroxyl groups excluding tert-OH is 1. The highest BCUT2D eigenvalue weighted by atomic mass is 31.2. The van der Waals surface area contributed by atoms with Crippen molar-refractivity contribution in [2.75, 3.05) is 13.2 Å². The van der Waals surface area contributed by atoms with Gasteiger partial charge in [0, 0.05) is 5.31 Å². The molecule has 0 fully saturated rings. The fourth-order valence-electron chi connectivity index (χ4n) is 1.65. The lowest BCUT2D eigenvalue weighted by molar-refractivity contribution is 0.196. The first kappa shape index (κ1) is 12.9. The van der Waals surface area contributed by atoms with Gasteiger partial charge in [-0.1, -0.05) is 0 Å². The fourth-order valence-corrected chi connectivity index (χ4v) is 3.52. The van der Waals surface area contributed by atoms with Gasteiger partial charge in [0.05, 0.1) is 19.3 Å². The molecule has 0 saturated carbocycles. The van der Waals surface area contributed by atoms with E-state index < -0.39 is 13.7 Å². The number of aliphatic hydroxyl groups is 1. The van der Waals surface area contributed by atoms with Gasteiger partial charge in [0.2, 0.25) is 0 Å². The lowest BCUT2D eigenvalue weighted by Gasteiger charge is -2.24. The molecule has 1 atom stereocenters. The molecule has 0 aromatic carbocycles. The molecule has 88 valence electrons. The summed E-state index contributed by atoms with van der Waals surface area (Å²) in [4.78, 5) is 0. The summed E-state index contributed by atoms with van der Waals surface area (Å²) in [6, 6.07) is 0. The van der Waals surface area contributed by atoms with Crippen molar-refractivity contribution in [2.24, 2.45) is 0 Å². The zero-order chi connectivity index (χ0) is 11.3. The first-order valence-electron chi connectivity index (χ1n) is 5.40. The van der Waals surface area contributed by atoms with E-state index in [1.807, 2.05) is 0 Å². The second kappa shape index (κ2) is 5.80. The maximum atomic E-state index is 12.3. The smallest absolute Gasteiger partial charge is 0.357 e. The molecular weight excluding hydrogens is 215 g/mol. The van der Waals surface area contributed by atoms with Crippen LogP contribution in [0.25, 0.3) is 0 Å². The molecule has 0 aliphatic heterocycles. The van der Waals surface area contributed by atoms with E-state index in [0.717, 1.165) is 12.8 Å². The van der Waals surface area contributed by atoms with E-state index in [0.29, 0.717) is 24.9 Å². The first-order chi connectivity index (χ1) is 7.12. The molecule has 1 rings (SSSR count). The highest BCUT2D eigenvalue weighted by molar-refractivity contribution is 7.58. The van der Waals surface area contributed by atoms with Gasteiger partial charge in [0.15, 0.2) is 0 Å². The Morgan fingerprint density at radius 3 is 2.53 bits per heavy atom.